The molecule has 0 spiro atoms. The molecule has 0 fully saturated rings. The van der Waals surface area contributed by atoms with Crippen LogP contribution in [0.25, 0.3) is 11.1 Å². The molecule has 1 aliphatic rings. The lowest BCUT2D eigenvalue weighted by Gasteiger charge is -2.28. The minimum absolute atomic E-state index is 0.188. The van der Waals surface area contributed by atoms with E-state index in [1.807, 2.05) is 48.5 Å². The minimum atomic E-state index is -1.03. The summed E-state index contributed by atoms with van der Waals surface area (Å²) in [7, 11) is 0. The van der Waals surface area contributed by atoms with Gasteiger partial charge in [-0.25, -0.2) is 4.79 Å². The van der Waals surface area contributed by atoms with Gasteiger partial charge in [0.1, 0.15) is 6.04 Å². The van der Waals surface area contributed by atoms with Gasteiger partial charge in [0.05, 0.1) is 11.7 Å². The third-order valence-electron chi connectivity index (χ3n) is 4.90. The number of aliphatic carboxylic acids is 1. The number of anilines is 1. The maximum absolute atomic E-state index is 12.0. The van der Waals surface area contributed by atoms with Gasteiger partial charge in [-0.1, -0.05) is 53.6 Å². The lowest BCUT2D eigenvalue weighted by molar-refractivity contribution is -0.133. The van der Waals surface area contributed by atoms with Gasteiger partial charge >= 0.3 is 5.97 Å². The smallest absolute Gasteiger partial charge is 0.335 e. The van der Waals surface area contributed by atoms with Crippen LogP contribution in [0, 0.1) is 0 Å². The topological polar surface area (TPSA) is 113 Å². The average Bonchev–Trinajstić information content (AvgIpc) is 3.14. The first kappa shape index (κ1) is 17.9. The van der Waals surface area contributed by atoms with Crippen molar-refractivity contribution in [2.24, 2.45) is 0 Å². The van der Waals surface area contributed by atoms with Crippen molar-refractivity contribution in [3.05, 3.63) is 70.9 Å². The molecule has 2 atom stereocenters. The van der Waals surface area contributed by atoms with Gasteiger partial charge in [0.2, 0.25) is 5.95 Å². The van der Waals surface area contributed by atoms with Crippen molar-refractivity contribution in [1.29, 1.82) is 0 Å². The molecule has 8 nitrogen and oxygen atoms in total. The third kappa shape index (κ3) is 2.93. The van der Waals surface area contributed by atoms with Crippen LogP contribution in [0.2, 0.25) is 0 Å². The Kier molecular flexibility index (Phi) is 4.40. The zero-order valence-electron chi connectivity index (χ0n) is 15.4. The Labute approximate surface area is 161 Å². The van der Waals surface area contributed by atoms with E-state index in [4.69, 9.17) is 0 Å². The highest BCUT2D eigenvalue weighted by Crippen LogP contribution is 2.39. The van der Waals surface area contributed by atoms with Crippen LogP contribution in [0.1, 0.15) is 37.1 Å². The molecule has 0 amide bonds. The van der Waals surface area contributed by atoms with Gasteiger partial charge in [-0.05, 0) is 46.5 Å². The summed E-state index contributed by atoms with van der Waals surface area (Å²) in [5, 5.41) is 34.2. The number of carboxylic acid groups (broad SMARTS) is 1. The second kappa shape index (κ2) is 6.90. The molecule has 2 unspecified atom stereocenters. The fourth-order valence-electron chi connectivity index (χ4n) is 3.52. The SMILES string of the molecule is CC1=C(C(=O)O)C(c2ccccc2-c2ccc(C(C)O)cc2)n2nnnc2N1. The number of fused-ring (bicyclic) bond motifs is 1. The molecule has 2 heterocycles. The predicted molar refractivity (Wildman–Crippen MR) is 102 cm³/mol. The van der Waals surface area contributed by atoms with Crippen LogP contribution >= 0.6 is 0 Å². The van der Waals surface area contributed by atoms with Gasteiger partial charge in [-0.3, -0.25) is 0 Å². The summed E-state index contributed by atoms with van der Waals surface area (Å²) in [4.78, 5) is 12.0. The van der Waals surface area contributed by atoms with E-state index in [1.54, 1.807) is 13.8 Å². The number of carbonyl (C=O) groups is 1. The molecule has 3 aromatic rings. The van der Waals surface area contributed by atoms with Crippen LogP contribution in [-0.4, -0.2) is 36.4 Å². The monoisotopic (exact) mass is 377 g/mol. The minimum Gasteiger partial charge on any atom is -0.478 e. The van der Waals surface area contributed by atoms with Crippen molar-refractivity contribution in [2.45, 2.75) is 26.0 Å². The zero-order chi connectivity index (χ0) is 19.8. The first-order chi connectivity index (χ1) is 13.5. The standard InChI is InChI=1S/C20H19N5O3/c1-11-17(19(27)28)18(25-20(21-11)22-23-24-25)16-6-4-3-5-15(16)14-9-7-13(8-10-14)12(2)26/h3-10,12,18,26H,1-2H3,(H,27,28)(H,21,22,24). The molecule has 4 rings (SSSR count). The molecule has 0 aliphatic carbocycles. The summed E-state index contributed by atoms with van der Waals surface area (Å²) in [5.41, 5.74) is 4.06. The Hall–Kier alpha value is -3.52. The molecule has 0 bridgehead atoms. The maximum atomic E-state index is 12.0. The number of aromatic nitrogens is 4. The van der Waals surface area contributed by atoms with E-state index >= 15 is 0 Å². The lowest BCUT2D eigenvalue weighted by Crippen LogP contribution is -2.29. The van der Waals surface area contributed by atoms with Gasteiger partial charge in [0.15, 0.2) is 0 Å². The molecule has 1 aromatic heterocycles. The normalized spacial score (nSPS) is 17.0. The Morgan fingerprint density at radius 2 is 1.89 bits per heavy atom. The molecule has 0 radical (unpaired) electrons. The van der Waals surface area contributed by atoms with E-state index in [2.05, 4.69) is 20.8 Å². The van der Waals surface area contributed by atoms with Crippen LogP contribution in [-0.2, 0) is 4.79 Å². The zero-order valence-corrected chi connectivity index (χ0v) is 15.4. The highest BCUT2D eigenvalue weighted by molar-refractivity contribution is 5.91. The third-order valence-corrected chi connectivity index (χ3v) is 4.90. The molecule has 142 valence electrons. The van der Waals surface area contributed by atoms with E-state index in [9.17, 15) is 15.0 Å². The fourth-order valence-corrected chi connectivity index (χ4v) is 3.52. The van der Waals surface area contributed by atoms with Crippen LogP contribution < -0.4 is 5.32 Å². The quantitative estimate of drug-likeness (QED) is 0.641. The second-order valence-electron chi connectivity index (χ2n) is 6.70. The van der Waals surface area contributed by atoms with Crippen LogP contribution in [0.15, 0.2) is 59.8 Å². The van der Waals surface area contributed by atoms with Crippen LogP contribution in [0.5, 0.6) is 0 Å². The number of allylic oxidation sites excluding steroid dienone is 1. The largest absolute Gasteiger partial charge is 0.478 e. The fraction of sp³-hybridized carbons (Fsp3) is 0.200. The number of benzene rings is 2. The summed E-state index contributed by atoms with van der Waals surface area (Å²) in [6, 6.07) is 14.5. The van der Waals surface area contributed by atoms with Gasteiger partial charge in [-0.2, -0.15) is 4.68 Å². The number of aliphatic hydroxyl groups is 1. The Balaban J connectivity index is 1.89. The predicted octanol–water partition coefficient (Wildman–Crippen LogP) is 2.77. The summed E-state index contributed by atoms with van der Waals surface area (Å²) in [5.74, 6) is -0.637. The molecule has 28 heavy (non-hydrogen) atoms. The number of hydrogen-bond donors (Lipinski definition) is 3. The van der Waals surface area contributed by atoms with Crippen molar-refractivity contribution in [1.82, 2.24) is 20.2 Å². The highest BCUT2D eigenvalue weighted by Gasteiger charge is 2.35. The average molecular weight is 377 g/mol. The molecule has 0 saturated heterocycles. The van der Waals surface area contributed by atoms with E-state index in [0.29, 0.717) is 11.6 Å². The molecular formula is C20H19N5O3. The van der Waals surface area contributed by atoms with Gasteiger partial charge in [-0.15, -0.1) is 0 Å². The molecule has 0 saturated carbocycles. The van der Waals surface area contributed by atoms with Crippen molar-refractivity contribution in [3.63, 3.8) is 0 Å². The second-order valence-corrected chi connectivity index (χ2v) is 6.70. The number of rotatable bonds is 4. The number of nitrogens with zero attached hydrogens (tertiary/aromatic N) is 4. The number of nitrogens with one attached hydrogen (secondary N) is 1. The first-order valence-corrected chi connectivity index (χ1v) is 8.83. The first-order valence-electron chi connectivity index (χ1n) is 8.83. The highest BCUT2D eigenvalue weighted by atomic mass is 16.4. The van der Waals surface area contributed by atoms with E-state index in [0.717, 1.165) is 22.3 Å². The van der Waals surface area contributed by atoms with Gasteiger partial charge < -0.3 is 15.5 Å². The summed E-state index contributed by atoms with van der Waals surface area (Å²) in [6.07, 6.45) is -0.554. The Bertz CT molecular complexity index is 1070. The van der Waals surface area contributed by atoms with Crippen molar-refractivity contribution < 1.29 is 15.0 Å². The van der Waals surface area contributed by atoms with Gasteiger partial charge in [0, 0.05) is 5.70 Å². The lowest BCUT2D eigenvalue weighted by atomic mass is 9.89. The Morgan fingerprint density at radius 3 is 2.57 bits per heavy atom. The Morgan fingerprint density at radius 1 is 1.18 bits per heavy atom. The maximum Gasteiger partial charge on any atom is 0.335 e. The summed E-state index contributed by atoms with van der Waals surface area (Å²) >= 11 is 0. The number of aliphatic hydroxyl groups excluding tert-OH is 1. The molecule has 3 N–H and O–H groups in total. The van der Waals surface area contributed by atoms with E-state index in [-0.39, 0.29) is 5.57 Å². The molecule has 2 aromatic carbocycles. The number of tetrazole rings is 1. The van der Waals surface area contributed by atoms with Gasteiger partial charge in [0.25, 0.3) is 0 Å². The van der Waals surface area contributed by atoms with E-state index < -0.39 is 18.1 Å². The van der Waals surface area contributed by atoms with Crippen LogP contribution in [0.3, 0.4) is 0 Å². The molecular weight excluding hydrogens is 358 g/mol. The summed E-state index contributed by atoms with van der Waals surface area (Å²) < 4.78 is 1.49. The number of hydrogen-bond acceptors (Lipinski definition) is 6. The number of carboxylic acids is 1. The molecule has 1 aliphatic heterocycles. The molecule has 8 heteroatoms. The van der Waals surface area contributed by atoms with E-state index in [1.165, 1.54) is 4.68 Å². The van der Waals surface area contributed by atoms with Crippen molar-refractivity contribution in [2.75, 3.05) is 5.32 Å². The van der Waals surface area contributed by atoms with Crippen molar-refractivity contribution >= 4 is 11.9 Å². The van der Waals surface area contributed by atoms with Crippen molar-refractivity contribution in [3.8, 4) is 11.1 Å². The van der Waals surface area contributed by atoms with Crippen LogP contribution in [0.4, 0.5) is 5.95 Å². The summed E-state index contributed by atoms with van der Waals surface area (Å²) in [6.45, 7) is 3.42.